The number of nitrogens with two attached hydrogens (primary N) is 1. The van der Waals surface area contributed by atoms with E-state index in [0.717, 1.165) is 33.3 Å². The van der Waals surface area contributed by atoms with E-state index in [9.17, 15) is 9.59 Å². The van der Waals surface area contributed by atoms with Crippen LogP contribution >= 0.6 is 0 Å². The van der Waals surface area contributed by atoms with Crippen LogP contribution in [0.15, 0.2) is 67.1 Å². The zero-order valence-corrected chi connectivity index (χ0v) is 22.7. The van der Waals surface area contributed by atoms with E-state index in [1.807, 2.05) is 56.5 Å². The first-order valence-electron chi connectivity index (χ1n) is 13.1. The van der Waals surface area contributed by atoms with Gasteiger partial charge >= 0.3 is 6.09 Å². The average Bonchev–Trinajstić information content (AvgIpc) is 3.00. The van der Waals surface area contributed by atoms with E-state index < -0.39 is 6.04 Å². The molecule has 0 radical (unpaired) electrons. The summed E-state index contributed by atoms with van der Waals surface area (Å²) in [6, 6.07) is 12.6. The average molecular weight is 538 g/mol. The van der Waals surface area contributed by atoms with Gasteiger partial charge in [-0.15, -0.1) is 0 Å². The summed E-state index contributed by atoms with van der Waals surface area (Å²) in [5.41, 5.74) is 10.9. The van der Waals surface area contributed by atoms with Gasteiger partial charge in [-0.25, -0.2) is 19.7 Å². The number of aromatic nitrogens is 4. The van der Waals surface area contributed by atoms with E-state index in [2.05, 4.69) is 19.9 Å². The van der Waals surface area contributed by atoms with Crippen molar-refractivity contribution in [2.24, 2.45) is 0 Å². The molecule has 4 aromatic rings. The van der Waals surface area contributed by atoms with Gasteiger partial charge in [0.05, 0.1) is 30.9 Å². The van der Waals surface area contributed by atoms with Crippen LogP contribution < -0.4 is 5.73 Å². The van der Waals surface area contributed by atoms with Gasteiger partial charge in [-0.1, -0.05) is 12.1 Å². The van der Waals surface area contributed by atoms with E-state index >= 15 is 0 Å². The predicted octanol–water partition coefficient (Wildman–Crippen LogP) is 4.57. The largest absolute Gasteiger partial charge is 0.453 e. The molecule has 1 aromatic carbocycles. The van der Waals surface area contributed by atoms with E-state index in [1.165, 1.54) is 7.11 Å². The molecule has 4 heterocycles. The van der Waals surface area contributed by atoms with Crippen molar-refractivity contribution >= 4 is 34.3 Å². The summed E-state index contributed by atoms with van der Waals surface area (Å²) in [4.78, 5) is 47.0. The number of ether oxygens (including phenoxy) is 1. The molecule has 204 valence electrons. The van der Waals surface area contributed by atoms with Gasteiger partial charge in [0.25, 0.3) is 5.91 Å². The van der Waals surface area contributed by atoms with Crippen LogP contribution in [0.25, 0.3) is 16.5 Å². The van der Waals surface area contributed by atoms with Crippen LogP contribution in [0.5, 0.6) is 0 Å². The lowest BCUT2D eigenvalue weighted by Crippen LogP contribution is -2.34. The second-order valence-corrected chi connectivity index (χ2v) is 9.75. The fraction of sp³-hybridized carbons (Fsp3) is 0.267. The summed E-state index contributed by atoms with van der Waals surface area (Å²) < 4.78 is 4.81. The van der Waals surface area contributed by atoms with Gasteiger partial charge in [0.1, 0.15) is 11.6 Å². The third kappa shape index (κ3) is 5.61. The molecule has 1 atom stereocenters. The molecule has 2 amide bonds. The van der Waals surface area contributed by atoms with Crippen molar-refractivity contribution in [1.29, 1.82) is 0 Å². The van der Waals surface area contributed by atoms with E-state index in [-0.39, 0.29) is 18.5 Å². The summed E-state index contributed by atoms with van der Waals surface area (Å²) in [5.74, 6) is 0.850. The third-order valence-corrected chi connectivity index (χ3v) is 7.15. The molecule has 1 aliphatic heterocycles. The Morgan fingerprint density at radius 1 is 1.12 bits per heavy atom. The molecular formula is C30H31N7O3. The van der Waals surface area contributed by atoms with Crippen molar-refractivity contribution < 1.29 is 14.3 Å². The van der Waals surface area contributed by atoms with E-state index in [0.29, 0.717) is 36.7 Å². The number of hydrogen-bond donors (Lipinski definition) is 1. The number of benzene rings is 1. The monoisotopic (exact) mass is 537 g/mol. The first-order valence-corrected chi connectivity index (χ1v) is 13.1. The Balaban J connectivity index is 1.41. The van der Waals surface area contributed by atoms with Crippen LogP contribution in [0.1, 0.15) is 52.4 Å². The fourth-order valence-corrected chi connectivity index (χ4v) is 4.76. The number of fused-ring (bicyclic) bond motifs is 1. The Morgan fingerprint density at radius 3 is 2.60 bits per heavy atom. The zero-order valence-electron chi connectivity index (χ0n) is 22.7. The molecule has 0 bridgehead atoms. The van der Waals surface area contributed by atoms with Gasteiger partial charge in [-0.2, -0.15) is 0 Å². The second-order valence-electron chi connectivity index (χ2n) is 9.75. The normalized spacial score (nSPS) is 14.0. The highest BCUT2D eigenvalue weighted by molar-refractivity contribution is 5.98. The summed E-state index contributed by atoms with van der Waals surface area (Å²) in [6.07, 6.45) is 7.56. The van der Waals surface area contributed by atoms with Gasteiger partial charge in [0.15, 0.2) is 0 Å². The minimum atomic E-state index is -0.400. The molecule has 2 N–H and O–H groups in total. The Labute approximate surface area is 232 Å². The molecule has 0 spiro atoms. The van der Waals surface area contributed by atoms with Gasteiger partial charge in [0.2, 0.25) is 0 Å². The number of rotatable bonds is 6. The fourth-order valence-electron chi connectivity index (χ4n) is 4.76. The first-order chi connectivity index (χ1) is 19.3. The van der Waals surface area contributed by atoms with Crippen molar-refractivity contribution in [3.8, 4) is 0 Å². The number of pyridine rings is 2. The minimum absolute atomic E-state index is 0.167. The highest BCUT2D eigenvalue weighted by Crippen LogP contribution is 2.26. The van der Waals surface area contributed by atoms with Gasteiger partial charge in [-0.3, -0.25) is 9.78 Å². The Hall–Kier alpha value is -4.86. The van der Waals surface area contributed by atoms with Crippen LogP contribution in [-0.4, -0.2) is 61.9 Å². The first kappa shape index (κ1) is 26.7. The topological polar surface area (TPSA) is 127 Å². The third-order valence-electron chi connectivity index (χ3n) is 7.15. The Bertz CT molecular complexity index is 1570. The lowest BCUT2D eigenvalue weighted by atomic mass is 10.0. The molecule has 0 unspecified atom stereocenters. The van der Waals surface area contributed by atoms with Crippen molar-refractivity contribution in [1.82, 2.24) is 29.7 Å². The molecule has 0 saturated heterocycles. The van der Waals surface area contributed by atoms with Crippen molar-refractivity contribution in [2.75, 3.05) is 25.9 Å². The molecule has 0 saturated carbocycles. The maximum absolute atomic E-state index is 13.9. The molecule has 10 heteroatoms. The number of amides is 2. The number of nitrogen functional groups attached to an aromatic ring is 1. The van der Waals surface area contributed by atoms with E-state index in [4.69, 9.17) is 10.5 Å². The van der Waals surface area contributed by atoms with Gasteiger partial charge in [-0.05, 0) is 73.4 Å². The predicted molar refractivity (Wildman–Crippen MR) is 152 cm³/mol. The summed E-state index contributed by atoms with van der Waals surface area (Å²) in [5, 5.41) is 0.843. The van der Waals surface area contributed by atoms with Crippen molar-refractivity contribution in [3.63, 3.8) is 0 Å². The lowest BCUT2D eigenvalue weighted by molar-refractivity contribution is 0.0663. The maximum Gasteiger partial charge on any atom is 0.409 e. The van der Waals surface area contributed by atoms with Crippen LogP contribution in [0.4, 0.5) is 10.6 Å². The van der Waals surface area contributed by atoms with Crippen LogP contribution in [0.2, 0.25) is 0 Å². The SMILES string of the molecule is COC(=O)N1CC=C(c2ccc(CN(C(=O)c3ccc4nc(N)c(C)cc4c3)[C@H](C)c3ncccn3)nc2)CC1. The molecule has 0 fully saturated rings. The number of aryl methyl sites for hydroxylation is 1. The smallest absolute Gasteiger partial charge is 0.409 e. The van der Waals surface area contributed by atoms with Crippen LogP contribution in [-0.2, 0) is 11.3 Å². The molecular weight excluding hydrogens is 506 g/mol. The van der Waals surface area contributed by atoms with Crippen molar-refractivity contribution in [2.45, 2.75) is 32.9 Å². The minimum Gasteiger partial charge on any atom is -0.453 e. The van der Waals surface area contributed by atoms with E-state index in [1.54, 1.807) is 34.3 Å². The highest BCUT2D eigenvalue weighted by Gasteiger charge is 2.26. The standard InChI is InChI=1S/C30H31N7O3/c1-19-15-24-16-22(6-8-26(24)35-27(19)31)29(38)37(20(2)28-32-11-4-12-33-28)18-25-7-5-23(17-34-25)21-9-13-36(14-10-21)30(39)40-3/h4-9,11-12,15-17,20H,10,13-14,18H2,1-3H3,(H2,31,35)/t20-/m1/s1. The molecule has 5 rings (SSSR count). The number of hydrogen-bond acceptors (Lipinski definition) is 8. The summed E-state index contributed by atoms with van der Waals surface area (Å²) in [6.45, 7) is 5.16. The number of nitrogens with zero attached hydrogens (tertiary/aromatic N) is 6. The Morgan fingerprint density at radius 2 is 1.93 bits per heavy atom. The molecule has 0 aliphatic carbocycles. The number of carbonyl (C=O) groups excluding carboxylic acids is 2. The Kier molecular flexibility index (Phi) is 7.68. The van der Waals surface area contributed by atoms with Gasteiger partial charge in [0, 0.05) is 42.6 Å². The quantitative estimate of drug-likeness (QED) is 0.379. The van der Waals surface area contributed by atoms with Gasteiger partial charge < -0.3 is 20.3 Å². The molecule has 3 aromatic heterocycles. The number of methoxy groups -OCH3 is 1. The zero-order chi connectivity index (χ0) is 28.2. The molecule has 10 nitrogen and oxygen atoms in total. The second kappa shape index (κ2) is 11.5. The summed E-state index contributed by atoms with van der Waals surface area (Å²) >= 11 is 0. The van der Waals surface area contributed by atoms with Crippen molar-refractivity contribution in [3.05, 3.63) is 95.3 Å². The maximum atomic E-state index is 13.9. The van der Waals surface area contributed by atoms with Crippen LogP contribution in [0, 0.1) is 6.92 Å². The number of anilines is 1. The molecule has 1 aliphatic rings. The summed E-state index contributed by atoms with van der Waals surface area (Å²) in [7, 11) is 1.39. The molecule has 40 heavy (non-hydrogen) atoms. The number of carbonyl (C=O) groups is 2. The lowest BCUT2D eigenvalue weighted by Gasteiger charge is -2.28. The van der Waals surface area contributed by atoms with Crippen LogP contribution in [0.3, 0.4) is 0 Å². The highest BCUT2D eigenvalue weighted by atomic mass is 16.5.